The number of nitrogens with zero attached hydrogens (tertiary/aromatic N) is 2. The molecule has 0 unspecified atom stereocenters. The van der Waals surface area contributed by atoms with E-state index in [-0.39, 0.29) is 17.4 Å². The molecule has 0 aliphatic carbocycles. The number of thiazole rings is 1. The number of sulfonamides is 2. The molecule has 4 N–H and O–H groups in total. The quantitative estimate of drug-likeness (QED) is 0.608. The van der Waals surface area contributed by atoms with Gasteiger partial charge in [-0.1, -0.05) is 0 Å². The minimum atomic E-state index is -3.91. The van der Waals surface area contributed by atoms with Crippen LogP contribution in [0.3, 0.4) is 0 Å². The SMILES string of the molecule is CCNc1nc2sccn2c1S(=O)(=O)NCCS(N)(=O)=O. The van der Waals surface area contributed by atoms with Gasteiger partial charge in [0.2, 0.25) is 10.0 Å². The van der Waals surface area contributed by atoms with Crippen LogP contribution < -0.4 is 15.2 Å². The summed E-state index contributed by atoms with van der Waals surface area (Å²) in [7, 11) is -7.64. The zero-order chi connectivity index (χ0) is 15.7. The lowest BCUT2D eigenvalue weighted by molar-refractivity contribution is 0.577. The van der Waals surface area contributed by atoms with Crippen LogP contribution in [-0.4, -0.2) is 45.1 Å². The molecule has 0 atom stereocenters. The molecule has 0 aliphatic rings. The van der Waals surface area contributed by atoms with Crippen LogP contribution in [0.4, 0.5) is 5.82 Å². The summed E-state index contributed by atoms with van der Waals surface area (Å²) < 4.78 is 50.1. The Bertz CT molecular complexity index is 836. The molecule has 0 aliphatic heterocycles. The Hall–Kier alpha value is -1.21. The summed E-state index contributed by atoms with van der Waals surface area (Å²) in [5, 5.41) is 9.38. The molecule has 2 heterocycles. The van der Waals surface area contributed by atoms with Crippen LogP contribution in [0.5, 0.6) is 0 Å². The van der Waals surface area contributed by atoms with E-state index < -0.39 is 25.8 Å². The maximum absolute atomic E-state index is 12.3. The number of fused-ring (bicyclic) bond motifs is 1. The highest BCUT2D eigenvalue weighted by molar-refractivity contribution is 7.90. The number of rotatable bonds is 7. The third kappa shape index (κ3) is 3.71. The second-order valence-corrected chi connectivity index (χ2v) is 8.41. The van der Waals surface area contributed by atoms with Crippen molar-refractivity contribution in [2.24, 2.45) is 5.14 Å². The highest BCUT2D eigenvalue weighted by Crippen LogP contribution is 2.25. The van der Waals surface area contributed by atoms with Gasteiger partial charge < -0.3 is 5.32 Å². The zero-order valence-corrected chi connectivity index (χ0v) is 13.6. The van der Waals surface area contributed by atoms with Gasteiger partial charge in [0, 0.05) is 24.7 Å². The maximum atomic E-state index is 12.3. The molecule has 12 heteroatoms. The minimum absolute atomic E-state index is 0.0463. The van der Waals surface area contributed by atoms with E-state index in [9.17, 15) is 16.8 Å². The summed E-state index contributed by atoms with van der Waals surface area (Å²) in [5.41, 5.74) is 0. The van der Waals surface area contributed by atoms with Gasteiger partial charge in [-0.2, -0.15) is 0 Å². The first-order valence-electron chi connectivity index (χ1n) is 5.94. The fourth-order valence-electron chi connectivity index (χ4n) is 1.69. The van der Waals surface area contributed by atoms with Gasteiger partial charge in [0.25, 0.3) is 10.0 Å². The van der Waals surface area contributed by atoms with Gasteiger partial charge in [-0.3, -0.25) is 4.40 Å². The lowest BCUT2D eigenvalue weighted by atomic mass is 10.6. The monoisotopic (exact) mass is 353 g/mol. The van der Waals surface area contributed by atoms with E-state index in [1.807, 2.05) is 6.92 Å². The molecule has 2 aromatic rings. The molecule has 0 saturated heterocycles. The van der Waals surface area contributed by atoms with Crippen molar-refractivity contribution in [2.45, 2.75) is 11.9 Å². The van der Waals surface area contributed by atoms with Crippen molar-refractivity contribution in [3.8, 4) is 0 Å². The Kier molecular flexibility index (Phi) is 4.53. The Morgan fingerprint density at radius 3 is 2.71 bits per heavy atom. The molecular weight excluding hydrogens is 338 g/mol. The number of primary sulfonamides is 1. The second-order valence-electron chi connectivity index (χ2n) is 4.12. The van der Waals surface area contributed by atoms with Crippen LogP contribution in [0.1, 0.15) is 6.92 Å². The molecule has 118 valence electrons. The molecule has 0 spiro atoms. The van der Waals surface area contributed by atoms with Gasteiger partial charge in [-0.15, -0.1) is 11.3 Å². The van der Waals surface area contributed by atoms with Crippen molar-refractivity contribution in [1.29, 1.82) is 0 Å². The summed E-state index contributed by atoms with van der Waals surface area (Å²) in [5.74, 6) is -0.249. The van der Waals surface area contributed by atoms with Crippen molar-refractivity contribution in [1.82, 2.24) is 14.1 Å². The molecule has 0 radical (unpaired) electrons. The summed E-state index contributed by atoms with van der Waals surface area (Å²) in [6, 6.07) is 0. The Morgan fingerprint density at radius 2 is 2.10 bits per heavy atom. The first-order chi connectivity index (χ1) is 9.74. The van der Waals surface area contributed by atoms with E-state index in [2.05, 4.69) is 15.0 Å². The fraction of sp³-hybridized carbons (Fsp3) is 0.444. The van der Waals surface area contributed by atoms with Crippen LogP contribution >= 0.6 is 11.3 Å². The molecule has 21 heavy (non-hydrogen) atoms. The number of nitrogens with one attached hydrogen (secondary N) is 2. The molecule has 0 bridgehead atoms. The Morgan fingerprint density at radius 1 is 1.38 bits per heavy atom. The van der Waals surface area contributed by atoms with Gasteiger partial charge in [0.15, 0.2) is 15.8 Å². The standard InChI is InChI=1S/C9H15N5O4S3/c1-2-11-7-8(14-4-5-19-9(14)13-7)21(17,18)12-3-6-20(10,15)16/h4-5,11-12H,2-3,6H2,1H3,(H2,10,15,16). The highest BCUT2D eigenvalue weighted by Gasteiger charge is 2.25. The van der Waals surface area contributed by atoms with Crippen LogP contribution in [0.2, 0.25) is 0 Å². The average molecular weight is 353 g/mol. The van der Waals surface area contributed by atoms with Crippen LogP contribution in [0.25, 0.3) is 4.96 Å². The largest absolute Gasteiger partial charge is 0.368 e. The third-order valence-electron chi connectivity index (χ3n) is 2.50. The van der Waals surface area contributed by atoms with Gasteiger partial charge >= 0.3 is 0 Å². The summed E-state index contributed by atoms with van der Waals surface area (Å²) >= 11 is 1.30. The van der Waals surface area contributed by atoms with Crippen molar-refractivity contribution in [3.05, 3.63) is 11.6 Å². The second kappa shape index (κ2) is 5.88. The number of hydrogen-bond acceptors (Lipinski definition) is 7. The van der Waals surface area contributed by atoms with Gasteiger partial charge in [0.1, 0.15) is 0 Å². The highest BCUT2D eigenvalue weighted by atomic mass is 32.2. The molecule has 0 saturated carbocycles. The van der Waals surface area contributed by atoms with Crippen molar-refractivity contribution >= 4 is 42.2 Å². The predicted octanol–water partition coefficient (Wildman–Crippen LogP) is -0.606. The zero-order valence-electron chi connectivity index (χ0n) is 11.1. The number of imidazole rings is 1. The summed E-state index contributed by atoms with van der Waals surface area (Å²) in [4.78, 5) is 4.72. The molecule has 2 aromatic heterocycles. The summed E-state index contributed by atoms with van der Waals surface area (Å²) in [6.07, 6.45) is 1.59. The number of aromatic nitrogens is 2. The normalized spacial score (nSPS) is 12.9. The molecule has 9 nitrogen and oxygen atoms in total. The smallest absolute Gasteiger partial charge is 0.260 e. The van der Waals surface area contributed by atoms with Crippen molar-refractivity contribution in [2.75, 3.05) is 24.2 Å². The van der Waals surface area contributed by atoms with E-state index >= 15 is 0 Å². The first kappa shape index (κ1) is 16.2. The molecule has 0 aromatic carbocycles. The van der Waals surface area contributed by atoms with E-state index in [0.717, 1.165) is 0 Å². The van der Waals surface area contributed by atoms with Gasteiger partial charge in [-0.25, -0.2) is 31.7 Å². The lowest BCUT2D eigenvalue weighted by Gasteiger charge is -2.07. The Balaban J connectivity index is 2.34. The minimum Gasteiger partial charge on any atom is -0.368 e. The van der Waals surface area contributed by atoms with Gasteiger partial charge in [-0.05, 0) is 6.92 Å². The van der Waals surface area contributed by atoms with E-state index in [0.29, 0.717) is 11.5 Å². The predicted molar refractivity (Wildman–Crippen MR) is 80.4 cm³/mol. The lowest BCUT2D eigenvalue weighted by Crippen LogP contribution is -2.32. The van der Waals surface area contributed by atoms with Gasteiger partial charge in [0.05, 0.1) is 5.75 Å². The van der Waals surface area contributed by atoms with Crippen molar-refractivity contribution < 1.29 is 16.8 Å². The number of anilines is 1. The van der Waals surface area contributed by atoms with E-state index in [4.69, 9.17) is 5.14 Å². The third-order valence-corrected chi connectivity index (χ3v) is 5.51. The van der Waals surface area contributed by atoms with Crippen LogP contribution in [0.15, 0.2) is 16.6 Å². The molecule has 2 rings (SSSR count). The topological polar surface area (TPSA) is 136 Å². The first-order valence-corrected chi connectivity index (χ1v) is 10.0. The van der Waals surface area contributed by atoms with E-state index in [1.165, 1.54) is 15.7 Å². The number of hydrogen-bond donors (Lipinski definition) is 3. The van der Waals surface area contributed by atoms with Crippen molar-refractivity contribution in [3.63, 3.8) is 0 Å². The Labute approximate surface area is 126 Å². The molecular formula is C9H15N5O4S3. The molecule has 0 amide bonds. The fourth-order valence-corrected chi connectivity index (χ4v) is 4.26. The van der Waals surface area contributed by atoms with Crippen LogP contribution in [-0.2, 0) is 20.0 Å². The number of nitrogens with two attached hydrogens (primary N) is 1. The summed E-state index contributed by atoms with van der Waals surface area (Å²) in [6.45, 7) is 2.02. The van der Waals surface area contributed by atoms with E-state index in [1.54, 1.807) is 11.6 Å². The molecule has 0 fully saturated rings. The van der Waals surface area contributed by atoms with Crippen LogP contribution in [0, 0.1) is 0 Å². The average Bonchev–Trinajstić information content (AvgIpc) is 2.86. The maximum Gasteiger partial charge on any atom is 0.260 e.